The second-order valence-electron chi connectivity index (χ2n) is 8.28. The zero-order valence-electron chi connectivity index (χ0n) is 19.4. The molecule has 0 fully saturated rings. The predicted molar refractivity (Wildman–Crippen MR) is 132 cm³/mol. The van der Waals surface area contributed by atoms with Crippen LogP contribution in [0, 0.1) is 6.92 Å². The summed E-state index contributed by atoms with van der Waals surface area (Å²) in [6, 6.07) is 24.5. The number of amides is 2. The van der Waals surface area contributed by atoms with E-state index < -0.39 is 0 Å². The Morgan fingerprint density at radius 3 is 2.06 bits per heavy atom. The van der Waals surface area contributed by atoms with Crippen molar-refractivity contribution in [2.24, 2.45) is 0 Å². The average Bonchev–Trinajstić information content (AvgIpc) is 3.06. The third-order valence-electron chi connectivity index (χ3n) is 5.52. The van der Waals surface area contributed by atoms with Crippen molar-refractivity contribution >= 4 is 28.8 Å². The van der Waals surface area contributed by atoms with Gasteiger partial charge in [0.1, 0.15) is 11.4 Å². The third kappa shape index (κ3) is 4.40. The number of rotatable bonds is 7. The molecule has 1 aliphatic rings. The minimum Gasteiger partial charge on any atom is -0.491 e. The lowest BCUT2D eigenvalue weighted by Crippen LogP contribution is -2.35. The molecule has 0 N–H and O–H groups in total. The summed E-state index contributed by atoms with van der Waals surface area (Å²) in [5, 5.41) is 0. The molecule has 4 rings (SSSR count). The van der Waals surface area contributed by atoms with E-state index >= 15 is 0 Å². The number of likely N-dealkylation sites (N-methyl/N-ethyl adjacent to an activating group) is 1. The van der Waals surface area contributed by atoms with Crippen molar-refractivity contribution in [1.82, 2.24) is 0 Å². The first-order valence-electron chi connectivity index (χ1n) is 11.2. The first-order valence-corrected chi connectivity index (χ1v) is 11.2. The number of benzene rings is 3. The van der Waals surface area contributed by atoms with E-state index in [4.69, 9.17) is 4.74 Å². The van der Waals surface area contributed by atoms with E-state index in [1.54, 1.807) is 24.3 Å². The van der Waals surface area contributed by atoms with Crippen LogP contribution in [0.25, 0.3) is 5.57 Å². The van der Waals surface area contributed by atoms with Crippen LogP contribution in [0.5, 0.6) is 5.75 Å². The Balaban J connectivity index is 1.81. The summed E-state index contributed by atoms with van der Waals surface area (Å²) in [4.78, 5) is 30.7. The second kappa shape index (κ2) is 9.33. The predicted octanol–water partition coefficient (Wildman–Crippen LogP) is 5.59. The zero-order valence-corrected chi connectivity index (χ0v) is 19.4. The lowest BCUT2D eigenvalue weighted by atomic mass is 10.0. The van der Waals surface area contributed by atoms with Crippen LogP contribution < -0.4 is 14.5 Å². The van der Waals surface area contributed by atoms with Gasteiger partial charge in [0.05, 0.1) is 17.4 Å². The maximum Gasteiger partial charge on any atom is 0.282 e. The van der Waals surface area contributed by atoms with Crippen LogP contribution in [0.1, 0.15) is 31.9 Å². The molecule has 1 aliphatic heterocycles. The highest BCUT2D eigenvalue weighted by Gasteiger charge is 2.42. The van der Waals surface area contributed by atoms with E-state index in [-0.39, 0.29) is 17.9 Å². The lowest BCUT2D eigenvalue weighted by molar-refractivity contribution is -0.120. The number of hydrogen-bond donors (Lipinski definition) is 0. The average molecular weight is 441 g/mol. The van der Waals surface area contributed by atoms with E-state index in [1.165, 1.54) is 4.90 Å². The van der Waals surface area contributed by atoms with Gasteiger partial charge in [-0.3, -0.25) is 9.59 Å². The summed E-state index contributed by atoms with van der Waals surface area (Å²) >= 11 is 0. The first kappa shape index (κ1) is 22.3. The summed E-state index contributed by atoms with van der Waals surface area (Å²) in [5.74, 6) is 0.0313. The highest BCUT2D eigenvalue weighted by Crippen LogP contribution is 2.37. The number of carbonyl (C=O) groups is 2. The number of aryl methyl sites for hydroxylation is 1. The maximum atomic E-state index is 13.8. The van der Waals surface area contributed by atoms with Crippen LogP contribution in [0.15, 0.2) is 84.6 Å². The van der Waals surface area contributed by atoms with E-state index in [9.17, 15) is 9.59 Å². The Morgan fingerprint density at radius 2 is 1.48 bits per heavy atom. The number of hydrogen-bond acceptors (Lipinski definition) is 4. The van der Waals surface area contributed by atoms with Gasteiger partial charge in [0.2, 0.25) is 0 Å². The number of para-hydroxylation sites is 1. The van der Waals surface area contributed by atoms with Crippen LogP contribution in [-0.4, -0.2) is 24.5 Å². The minimum atomic E-state index is -0.334. The number of nitrogens with zero attached hydrogens (tertiary/aromatic N) is 2. The number of imide groups is 1. The van der Waals surface area contributed by atoms with Crippen molar-refractivity contribution < 1.29 is 14.3 Å². The summed E-state index contributed by atoms with van der Waals surface area (Å²) in [6.07, 6.45) is 0.0382. The molecular weight excluding hydrogens is 412 g/mol. The molecule has 5 nitrogen and oxygen atoms in total. The molecule has 0 aliphatic carbocycles. The zero-order chi connectivity index (χ0) is 23.5. The molecular formula is C28H28N2O3. The van der Waals surface area contributed by atoms with Crippen LogP contribution >= 0.6 is 0 Å². The first-order chi connectivity index (χ1) is 15.9. The Kier molecular flexibility index (Phi) is 6.31. The van der Waals surface area contributed by atoms with E-state index in [0.717, 1.165) is 16.8 Å². The lowest BCUT2D eigenvalue weighted by Gasteiger charge is -2.25. The van der Waals surface area contributed by atoms with Gasteiger partial charge in [0.15, 0.2) is 0 Å². The van der Waals surface area contributed by atoms with Crippen LogP contribution in [-0.2, 0) is 9.59 Å². The van der Waals surface area contributed by atoms with Gasteiger partial charge < -0.3 is 9.64 Å². The van der Waals surface area contributed by atoms with Gasteiger partial charge in [-0.05, 0) is 69.7 Å². The van der Waals surface area contributed by atoms with Gasteiger partial charge in [-0.2, -0.15) is 0 Å². The molecule has 0 saturated heterocycles. The summed E-state index contributed by atoms with van der Waals surface area (Å²) in [6.45, 7) is 8.42. The Morgan fingerprint density at radius 1 is 0.848 bits per heavy atom. The van der Waals surface area contributed by atoms with Gasteiger partial charge in [-0.25, -0.2) is 4.90 Å². The summed E-state index contributed by atoms with van der Waals surface area (Å²) in [7, 11) is 0. The van der Waals surface area contributed by atoms with Gasteiger partial charge in [0, 0.05) is 12.2 Å². The number of anilines is 2. The summed E-state index contributed by atoms with van der Waals surface area (Å²) in [5.41, 5.74) is 4.00. The van der Waals surface area contributed by atoms with Gasteiger partial charge in [-0.15, -0.1) is 0 Å². The fraction of sp³-hybridized carbons (Fsp3) is 0.214. The molecule has 3 aromatic rings. The molecule has 2 amide bonds. The van der Waals surface area contributed by atoms with E-state index in [2.05, 4.69) is 0 Å². The van der Waals surface area contributed by atoms with Gasteiger partial charge in [0.25, 0.3) is 11.8 Å². The van der Waals surface area contributed by atoms with E-state index in [0.29, 0.717) is 29.3 Å². The molecule has 0 radical (unpaired) electrons. The monoisotopic (exact) mass is 440 g/mol. The molecule has 0 saturated carbocycles. The molecule has 3 aromatic carbocycles. The fourth-order valence-electron chi connectivity index (χ4n) is 4.01. The number of ether oxygens (including phenoxy) is 1. The fourth-order valence-corrected chi connectivity index (χ4v) is 4.01. The molecule has 0 unspecified atom stereocenters. The van der Waals surface area contributed by atoms with Crippen molar-refractivity contribution in [3.63, 3.8) is 0 Å². The van der Waals surface area contributed by atoms with Crippen molar-refractivity contribution in [2.45, 2.75) is 33.8 Å². The molecule has 0 atom stereocenters. The molecule has 0 bridgehead atoms. The SMILES string of the molecule is CCN(C1=C(c2ccc(C)cc2)C(=O)N(c2ccc(OC(C)C)cc2)C1=O)c1ccccc1. The Bertz CT molecular complexity index is 1180. The van der Waals surface area contributed by atoms with Crippen LogP contribution in [0.4, 0.5) is 11.4 Å². The van der Waals surface area contributed by atoms with Crippen LogP contribution in [0.2, 0.25) is 0 Å². The van der Waals surface area contributed by atoms with Crippen molar-refractivity contribution in [3.8, 4) is 5.75 Å². The van der Waals surface area contributed by atoms with Crippen molar-refractivity contribution in [2.75, 3.05) is 16.3 Å². The smallest absolute Gasteiger partial charge is 0.282 e. The minimum absolute atomic E-state index is 0.0382. The Hall–Kier alpha value is -3.86. The summed E-state index contributed by atoms with van der Waals surface area (Å²) < 4.78 is 5.71. The highest BCUT2D eigenvalue weighted by molar-refractivity contribution is 6.46. The number of carbonyl (C=O) groups excluding carboxylic acids is 2. The molecule has 0 spiro atoms. The topological polar surface area (TPSA) is 49.9 Å². The third-order valence-corrected chi connectivity index (χ3v) is 5.52. The van der Waals surface area contributed by atoms with Gasteiger partial charge in [-0.1, -0.05) is 48.0 Å². The van der Waals surface area contributed by atoms with Gasteiger partial charge >= 0.3 is 0 Å². The second-order valence-corrected chi connectivity index (χ2v) is 8.28. The molecule has 33 heavy (non-hydrogen) atoms. The highest BCUT2D eigenvalue weighted by atomic mass is 16.5. The van der Waals surface area contributed by atoms with Crippen LogP contribution in [0.3, 0.4) is 0 Å². The normalized spacial score (nSPS) is 13.8. The largest absolute Gasteiger partial charge is 0.491 e. The van der Waals surface area contributed by atoms with Crippen molar-refractivity contribution in [3.05, 3.63) is 95.7 Å². The molecule has 168 valence electrons. The quantitative estimate of drug-likeness (QED) is 0.449. The van der Waals surface area contributed by atoms with Crippen molar-refractivity contribution in [1.29, 1.82) is 0 Å². The molecule has 0 aromatic heterocycles. The molecule has 5 heteroatoms. The molecule has 1 heterocycles. The standard InChI is InChI=1S/C28H28N2O3/c1-5-29(22-9-7-6-8-10-22)26-25(21-13-11-20(4)12-14-21)27(31)30(28(26)32)23-15-17-24(18-16-23)33-19(2)3/h6-19H,5H2,1-4H3. The Labute approximate surface area is 194 Å². The maximum absolute atomic E-state index is 13.8. The van der Waals surface area contributed by atoms with E-state index in [1.807, 2.05) is 87.2 Å².